The number of halogens is 4. The third kappa shape index (κ3) is 2.00. The fourth-order valence-electron chi connectivity index (χ4n) is 2.28. The second-order valence-corrected chi connectivity index (χ2v) is 7.55. The quantitative estimate of drug-likeness (QED) is 0.773. The van der Waals surface area contributed by atoms with E-state index in [0.29, 0.717) is 3.79 Å². The van der Waals surface area contributed by atoms with Gasteiger partial charge in [0.2, 0.25) is 0 Å². The normalized spacial score (nSPS) is 23.6. The lowest BCUT2D eigenvalue weighted by molar-refractivity contribution is -0.0930. The van der Waals surface area contributed by atoms with E-state index in [0.717, 1.165) is 17.7 Å². The van der Waals surface area contributed by atoms with E-state index in [-0.39, 0.29) is 21.3 Å². The summed E-state index contributed by atoms with van der Waals surface area (Å²) >= 11 is 10.4. The van der Waals surface area contributed by atoms with Crippen LogP contribution in [0, 0.1) is 5.41 Å². The molecule has 0 spiro atoms. The Morgan fingerprint density at radius 1 is 1.48 bits per heavy atom. The van der Waals surface area contributed by atoms with E-state index in [9.17, 15) is 8.78 Å². The third-order valence-corrected chi connectivity index (χ3v) is 5.66. The van der Waals surface area contributed by atoms with Crippen LogP contribution >= 0.6 is 38.9 Å². The fourth-order valence-corrected chi connectivity index (χ4v) is 4.51. The molecule has 110 valence electrons. The van der Waals surface area contributed by atoms with Crippen LogP contribution in [0.5, 0.6) is 0 Å². The predicted molar refractivity (Wildman–Crippen MR) is 80.3 cm³/mol. The number of hydrogen-bond acceptors (Lipinski definition) is 4. The lowest BCUT2D eigenvalue weighted by Gasteiger charge is -2.42. The summed E-state index contributed by atoms with van der Waals surface area (Å²) in [4.78, 5) is 7.63. The highest BCUT2D eigenvalue weighted by Gasteiger charge is 2.60. The van der Waals surface area contributed by atoms with Gasteiger partial charge < -0.3 is 5.32 Å². The second kappa shape index (κ2) is 4.69. The van der Waals surface area contributed by atoms with E-state index in [1.807, 2.05) is 0 Å². The molecule has 0 aromatic carbocycles. The standard InChI is InChI=1S/C12H8BrClF2N4S/c1-11(9-6(14)2-7(13)21-9)12(15,16)8-5(10(17)20-11)3-18-4-19-8/h2-4H,1H3,(H2,17,20)/t11-/m1/s1. The molecule has 2 aromatic rings. The molecule has 2 aromatic heterocycles. The van der Waals surface area contributed by atoms with E-state index in [2.05, 4.69) is 31.2 Å². The van der Waals surface area contributed by atoms with Crippen molar-refractivity contribution < 1.29 is 8.78 Å². The van der Waals surface area contributed by atoms with Crippen molar-refractivity contribution in [2.24, 2.45) is 0 Å². The maximum atomic E-state index is 15.0. The highest BCUT2D eigenvalue weighted by molar-refractivity contribution is 9.11. The van der Waals surface area contributed by atoms with Crippen molar-refractivity contribution in [2.45, 2.75) is 18.4 Å². The molecule has 0 bridgehead atoms. The molecule has 4 nitrogen and oxygen atoms in total. The van der Waals surface area contributed by atoms with Gasteiger partial charge in [-0.2, -0.15) is 8.78 Å². The summed E-state index contributed by atoms with van der Waals surface area (Å²) in [5, 5.41) is 10.7. The van der Waals surface area contributed by atoms with Crippen LogP contribution in [0.4, 0.5) is 8.78 Å². The highest BCUT2D eigenvalue weighted by atomic mass is 79.9. The van der Waals surface area contributed by atoms with Crippen LogP contribution in [0.25, 0.3) is 0 Å². The minimum atomic E-state index is -3.34. The Morgan fingerprint density at radius 3 is 2.81 bits per heavy atom. The minimum absolute atomic E-state index is 0.00767. The van der Waals surface area contributed by atoms with Crippen LogP contribution in [0.15, 0.2) is 22.4 Å². The predicted octanol–water partition coefficient (Wildman–Crippen LogP) is 3.89. The molecule has 3 heterocycles. The molecule has 1 aliphatic rings. The smallest absolute Gasteiger partial charge is 0.317 e. The minimum Gasteiger partial charge on any atom is -0.354 e. The van der Waals surface area contributed by atoms with Gasteiger partial charge in [-0.3, -0.25) is 5.41 Å². The van der Waals surface area contributed by atoms with Crippen LogP contribution < -0.4 is 5.32 Å². The zero-order valence-corrected chi connectivity index (χ0v) is 13.7. The number of rotatable bonds is 1. The van der Waals surface area contributed by atoms with Crippen LogP contribution in [0.2, 0.25) is 5.02 Å². The third-order valence-electron chi connectivity index (χ3n) is 3.39. The molecule has 1 atom stereocenters. The molecule has 9 heteroatoms. The summed E-state index contributed by atoms with van der Waals surface area (Å²) in [6.07, 6.45) is 2.26. The summed E-state index contributed by atoms with van der Waals surface area (Å²) in [6, 6.07) is 1.56. The van der Waals surface area contributed by atoms with E-state index in [1.165, 1.54) is 13.1 Å². The number of fused-ring (bicyclic) bond motifs is 1. The lowest BCUT2D eigenvalue weighted by atomic mass is 9.83. The monoisotopic (exact) mass is 392 g/mol. The van der Waals surface area contributed by atoms with Gasteiger partial charge >= 0.3 is 5.92 Å². The van der Waals surface area contributed by atoms with Gasteiger partial charge in [-0.1, -0.05) is 11.6 Å². The number of nitrogens with zero attached hydrogens (tertiary/aromatic N) is 2. The summed E-state index contributed by atoms with van der Waals surface area (Å²) in [7, 11) is 0. The number of amidine groups is 1. The maximum absolute atomic E-state index is 15.0. The van der Waals surface area contributed by atoms with Gasteiger partial charge in [0.1, 0.15) is 23.4 Å². The number of alkyl halides is 2. The van der Waals surface area contributed by atoms with Crippen molar-refractivity contribution in [1.29, 1.82) is 5.41 Å². The molecular weight excluding hydrogens is 386 g/mol. The first-order valence-electron chi connectivity index (χ1n) is 5.78. The number of hydrogen-bond donors (Lipinski definition) is 2. The van der Waals surface area contributed by atoms with Crippen molar-refractivity contribution in [1.82, 2.24) is 15.3 Å². The first-order valence-corrected chi connectivity index (χ1v) is 7.77. The van der Waals surface area contributed by atoms with Crippen LogP contribution in [0.1, 0.15) is 23.1 Å². The maximum Gasteiger partial charge on any atom is 0.317 e. The van der Waals surface area contributed by atoms with Crippen molar-refractivity contribution in [3.05, 3.63) is 43.5 Å². The first kappa shape index (κ1) is 14.8. The molecule has 3 rings (SSSR count). The van der Waals surface area contributed by atoms with Gasteiger partial charge in [0.15, 0.2) is 0 Å². The number of thiophene rings is 1. The molecule has 0 unspecified atom stereocenters. The summed E-state index contributed by atoms with van der Waals surface area (Å²) < 4.78 is 30.6. The molecule has 0 saturated heterocycles. The van der Waals surface area contributed by atoms with Gasteiger partial charge in [0.25, 0.3) is 0 Å². The largest absolute Gasteiger partial charge is 0.354 e. The van der Waals surface area contributed by atoms with Crippen molar-refractivity contribution >= 4 is 44.7 Å². The summed E-state index contributed by atoms with van der Waals surface area (Å²) in [6.45, 7) is 1.32. The molecular formula is C12H8BrClF2N4S. The highest BCUT2D eigenvalue weighted by Crippen LogP contribution is 2.52. The Bertz CT molecular complexity index is 751. The Labute approximate surface area is 136 Å². The summed E-state index contributed by atoms with van der Waals surface area (Å²) in [5.74, 6) is -3.50. The summed E-state index contributed by atoms with van der Waals surface area (Å²) in [5.41, 5.74) is -2.32. The zero-order chi connectivity index (χ0) is 15.4. The van der Waals surface area contributed by atoms with E-state index >= 15 is 0 Å². The Balaban J connectivity index is 2.26. The average molecular weight is 394 g/mol. The van der Waals surface area contributed by atoms with Crippen molar-refractivity contribution in [2.75, 3.05) is 0 Å². The van der Waals surface area contributed by atoms with Gasteiger partial charge in [-0.05, 0) is 28.9 Å². The van der Waals surface area contributed by atoms with E-state index in [1.54, 1.807) is 6.07 Å². The first-order chi connectivity index (χ1) is 9.77. The SMILES string of the molecule is C[C@]1(c2sc(Br)cc2Cl)NC(=N)c2cncnc2C1(F)F. The molecule has 1 aliphatic heterocycles. The lowest BCUT2D eigenvalue weighted by Crippen LogP contribution is -2.58. The molecule has 0 radical (unpaired) electrons. The molecule has 0 fully saturated rings. The van der Waals surface area contributed by atoms with Crippen molar-refractivity contribution in [3.63, 3.8) is 0 Å². The second-order valence-electron chi connectivity index (χ2n) is 4.71. The molecule has 0 aliphatic carbocycles. The van der Waals surface area contributed by atoms with Crippen molar-refractivity contribution in [3.8, 4) is 0 Å². The van der Waals surface area contributed by atoms with Crippen LogP contribution in [-0.2, 0) is 11.5 Å². The average Bonchev–Trinajstić information content (AvgIpc) is 2.76. The number of aromatic nitrogens is 2. The van der Waals surface area contributed by atoms with Crippen LogP contribution in [-0.4, -0.2) is 15.8 Å². The van der Waals surface area contributed by atoms with Gasteiger partial charge in [0.05, 0.1) is 19.2 Å². The zero-order valence-electron chi connectivity index (χ0n) is 10.5. The Morgan fingerprint density at radius 2 is 2.19 bits per heavy atom. The Kier molecular flexibility index (Phi) is 3.30. The fraction of sp³-hybridized carbons (Fsp3) is 0.250. The molecule has 21 heavy (non-hydrogen) atoms. The number of nitrogens with one attached hydrogen (secondary N) is 2. The van der Waals surface area contributed by atoms with Gasteiger partial charge in [0, 0.05) is 6.20 Å². The van der Waals surface area contributed by atoms with Gasteiger partial charge in [-0.15, -0.1) is 11.3 Å². The van der Waals surface area contributed by atoms with Crippen LogP contribution in [0.3, 0.4) is 0 Å². The van der Waals surface area contributed by atoms with Gasteiger partial charge in [-0.25, -0.2) is 9.97 Å². The molecule has 0 saturated carbocycles. The van der Waals surface area contributed by atoms with E-state index in [4.69, 9.17) is 17.0 Å². The molecule has 0 amide bonds. The topological polar surface area (TPSA) is 61.7 Å². The Hall–Kier alpha value is -1.12. The molecule has 2 N–H and O–H groups in total. The van der Waals surface area contributed by atoms with E-state index < -0.39 is 17.2 Å².